The van der Waals surface area contributed by atoms with Crippen molar-refractivity contribution in [2.45, 2.75) is 0 Å². The highest BCUT2D eigenvalue weighted by Gasteiger charge is 2.15. The summed E-state index contributed by atoms with van der Waals surface area (Å²) < 4.78 is 10.1. The van der Waals surface area contributed by atoms with Crippen LogP contribution >= 0.6 is 58.0 Å². The van der Waals surface area contributed by atoms with Crippen LogP contribution in [0.1, 0.15) is 10.4 Å². The summed E-state index contributed by atoms with van der Waals surface area (Å²) in [6, 6.07) is 7.15. The number of carbonyl (C=O) groups is 2. The second kappa shape index (κ2) is 8.97. The molecule has 132 valence electrons. The molecule has 0 heterocycles. The number of carbonyl (C=O) groups excluding carboxylic acids is 2. The van der Waals surface area contributed by atoms with E-state index in [-0.39, 0.29) is 31.4 Å². The van der Waals surface area contributed by atoms with Gasteiger partial charge in [-0.05, 0) is 24.3 Å². The Balaban J connectivity index is 1.88. The second-order valence-corrected chi connectivity index (χ2v) is 6.76. The van der Waals surface area contributed by atoms with E-state index in [0.29, 0.717) is 5.02 Å². The van der Waals surface area contributed by atoms with Crippen molar-refractivity contribution in [3.63, 3.8) is 0 Å². The number of ketones is 1. The van der Waals surface area contributed by atoms with Gasteiger partial charge in [0.05, 0.1) is 20.1 Å². The molecule has 0 aliphatic carbocycles. The average molecular weight is 443 g/mol. The first-order chi connectivity index (χ1) is 11.8. The van der Waals surface area contributed by atoms with Gasteiger partial charge in [0, 0.05) is 16.7 Å². The molecule has 0 aliphatic rings. The zero-order valence-corrected chi connectivity index (χ0v) is 16.1. The Morgan fingerprint density at radius 3 is 2.16 bits per heavy atom. The molecule has 0 saturated heterocycles. The van der Waals surface area contributed by atoms with Crippen LogP contribution in [0.15, 0.2) is 30.3 Å². The lowest BCUT2D eigenvalue weighted by Gasteiger charge is -2.09. The SMILES string of the molecule is O=C(COc1cc(Cl)c(Cl)cc1Cl)OCC(=O)c1ccc(Cl)cc1Cl. The van der Waals surface area contributed by atoms with Crippen LogP contribution in [0, 0.1) is 0 Å². The Bertz CT molecular complexity index is 822. The Labute approximate surface area is 168 Å². The number of Topliss-reactive ketones (excluding diaryl/α,β-unsaturated/α-hetero) is 1. The number of hydrogen-bond acceptors (Lipinski definition) is 4. The third kappa shape index (κ3) is 5.66. The van der Waals surface area contributed by atoms with Gasteiger partial charge < -0.3 is 9.47 Å². The molecule has 0 saturated carbocycles. The van der Waals surface area contributed by atoms with E-state index in [1.165, 1.54) is 30.3 Å². The fraction of sp³-hybridized carbons (Fsp3) is 0.125. The summed E-state index contributed by atoms with van der Waals surface area (Å²) in [5, 5.41) is 1.23. The van der Waals surface area contributed by atoms with E-state index in [4.69, 9.17) is 67.5 Å². The molecule has 0 amide bonds. The van der Waals surface area contributed by atoms with Crippen molar-refractivity contribution >= 4 is 69.8 Å². The van der Waals surface area contributed by atoms with Crippen molar-refractivity contribution in [2.75, 3.05) is 13.2 Å². The summed E-state index contributed by atoms with van der Waals surface area (Å²) in [7, 11) is 0. The predicted molar refractivity (Wildman–Crippen MR) is 98.7 cm³/mol. The fourth-order valence-corrected chi connectivity index (χ4v) is 2.84. The molecule has 2 aromatic carbocycles. The van der Waals surface area contributed by atoms with Crippen molar-refractivity contribution in [3.8, 4) is 5.75 Å². The molecule has 0 radical (unpaired) electrons. The third-order valence-corrected chi connectivity index (χ3v) is 4.48. The van der Waals surface area contributed by atoms with Gasteiger partial charge in [-0.2, -0.15) is 0 Å². The van der Waals surface area contributed by atoms with E-state index in [1.54, 1.807) is 0 Å². The molecule has 0 N–H and O–H groups in total. The summed E-state index contributed by atoms with van der Waals surface area (Å²) in [6.45, 7) is -0.946. The first kappa shape index (κ1) is 20.1. The highest BCUT2D eigenvalue weighted by molar-refractivity contribution is 6.43. The second-order valence-electron chi connectivity index (χ2n) is 4.69. The van der Waals surface area contributed by atoms with Crippen LogP contribution in [-0.4, -0.2) is 25.0 Å². The summed E-state index contributed by atoms with van der Waals surface area (Å²) in [4.78, 5) is 23.7. The average Bonchev–Trinajstić information content (AvgIpc) is 2.54. The van der Waals surface area contributed by atoms with Gasteiger partial charge in [0.25, 0.3) is 0 Å². The Morgan fingerprint density at radius 2 is 1.48 bits per heavy atom. The van der Waals surface area contributed by atoms with Gasteiger partial charge >= 0.3 is 5.97 Å². The van der Waals surface area contributed by atoms with Crippen molar-refractivity contribution in [3.05, 3.63) is 61.0 Å². The standard InChI is InChI=1S/C16H9Cl5O4/c17-8-1-2-9(10(18)3-8)14(22)6-25-16(23)7-24-15-5-12(20)11(19)4-13(15)21/h1-5H,6-7H2. The molecule has 0 atom stereocenters. The fourth-order valence-electron chi connectivity index (χ4n) is 1.73. The highest BCUT2D eigenvalue weighted by Crippen LogP contribution is 2.33. The maximum Gasteiger partial charge on any atom is 0.344 e. The van der Waals surface area contributed by atoms with Crippen LogP contribution in [0.4, 0.5) is 0 Å². The number of benzene rings is 2. The molecule has 9 heteroatoms. The quantitative estimate of drug-likeness (QED) is 0.324. The smallest absolute Gasteiger partial charge is 0.344 e. The van der Waals surface area contributed by atoms with Gasteiger partial charge in [0.1, 0.15) is 5.75 Å². The summed E-state index contributed by atoms with van der Waals surface area (Å²) in [5.41, 5.74) is 0.201. The number of hydrogen-bond donors (Lipinski definition) is 0. The lowest BCUT2D eigenvalue weighted by Crippen LogP contribution is -2.19. The van der Waals surface area contributed by atoms with Crippen molar-refractivity contribution in [1.29, 1.82) is 0 Å². The van der Waals surface area contributed by atoms with E-state index in [1.807, 2.05) is 0 Å². The largest absolute Gasteiger partial charge is 0.480 e. The minimum atomic E-state index is -0.763. The molecule has 2 aromatic rings. The maximum absolute atomic E-state index is 12.0. The van der Waals surface area contributed by atoms with Crippen LogP contribution < -0.4 is 4.74 Å². The van der Waals surface area contributed by atoms with Crippen molar-refractivity contribution < 1.29 is 19.1 Å². The monoisotopic (exact) mass is 440 g/mol. The zero-order valence-electron chi connectivity index (χ0n) is 12.3. The molecule has 0 aliphatic heterocycles. The number of ether oxygens (including phenoxy) is 2. The normalized spacial score (nSPS) is 10.4. The molecule has 0 spiro atoms. The van der Waals surface area contributed by atoms with Gasteiger partial charge in [-0.25, -0.2) is 4.79 Å². The van der Waals surface area contributed by atoms with Crippen LogP contribution in [0.2, 0.25) is 25.1 Å². The molecule has 0 aromatic heterocycles. The van der Waals surface area contributed by atoms with E-state index >= 15 is 0 Å². The van der Waals surface area contributed by atoms with Crippen LogP contribution in [0.5, 0.6) is 5.75 Å². The Kier molecular flexibility index (Phi) is 7.23. The molecule has 2 rings (SSSR count). The van der Waals surface area contributed by atoms with Gasteiger partial charge in [-0.3, -0.25) is 4.79 Å². The lowest BCUT2D eigenvalue weighted by atomic mass is 10.1. The minimum Gasteiger partial charge on any atom is -0.480 e. The summed E-state index contributed by atoms with van der Waals surface area (Å²) in [6.07, 6.45) is 0. The van der Waals surface area contributed by atoms with Gasteiger partial charge in [0.15, 0.2) is 13.2 Å². The molecule has 0 fully saturated rings. The molecular formula is C16H9Cl5O4. The first-order valence-electron chi connectivity index (χ1n) is 6.69. The van der Waals surface area contributed by atoms with Crippen LogP contribution in [0.3, 0.4) is 0 Å². The third-order valence-electron chi connectivity index (χ3n) is 2.92. The topological polar surface area (TPSA) is 52.6 Å². The number of rotatable bonds is 6. The molecule has 0 unspecified atom stereocenters. The molecule has 25 heavy (non-hydrogen) atoms. The number of esters is 1. The number of halogens is 5. The summed E-state index contributed by atoms with van der Waals surface area (Å²) >= 11 is 29.2. The predicted octanol–water partition coefficient (Wildman–Crippen LogP) is 5.76. The van der Waals surface area contributed by atoms with Gasteiger partial charge in [0.2, 0.25) is 5.78 Å². The van der Waals surface area contributed by atoms with E-state index < -0.39 is 25.0 Å². The first-order valence-corrected chi connectivity index (χ1v) is 8.58. The maximum atomic E-state index is 12.0. The van der Waals surface area contributed by atoms with E-state index in [2.05, 4.69) is 0 Å². The Hall–Kier alpha value is -1.17. The van der Waals surface area contributed by atoms with Gasteiger partial charge in [-0.15, -0.1) is 0 Å². The van der Waals surface area contributed by atoms with Crippen LogP contribution in [0.25, 0.3) is 0 Å². The summed E-state index contributed by atoms with van der Waals surface area (Å²) in [5.74, 6) is -1.07. The molecular weight excluding hydrogens is 433 g/mol. The van der Waals surface area contributed by atoms with E-state index in [0.717, 1.165) is 0 Å². The van der Waals surface area contributed by atoms with Crippen molar-refractivity contribution in [1.82, 2.24) is 0 Å². The minimum absolute atomic E-state index is 0.167. The highest BCUT2D eigenvalue weighted by atomic mass is 35.5. The molecule has 0 bridgehead atoms. The van der Waals surface area contributed by atoms with Crippen LogP contribution in [-0.2, 0) is 9.53 Å². The Morgan fingerprint density at radius 1 is 0.800 bits per heavy atom. The van der Waals surface area contributed by atoms with Gasteiger partial charge in [-0.1, -0.05) is 58.0 Å². The lowest BCUT2D eigenvalue weighted by molar-refractivity contribution is -0.144. The zero-order chi connectivity index (χ0) is 18.6. The van der Waals surface area contributed by atoms with E-state index in [9.17, 15) is 9.59 Å². The molecule has 4 nitrogen and oxygen atoms in total. The van der Waals surface area contributed by atoms with Crippen molar-refractivity contribution in [2.24, 2.45) is 0 Å².